The van der Waals surface area contributed by atoms with Gasteiger partial charge in [0.1, 0.15) is 0 Å². The van der Waals surface area contributed by atoms with Crippen LogP contribution in [-0.2, 0) is 0 Å². The molecular formula is C13H10ClNOS. The molecule has 86 valence electrons. The number of carbonyl (C=O) groups is 1. The molecule has 0 unspecified atom stereocenters. The Balaban J connectivity index is 0.00000108. The van der Waals surface area contributed by atoms with Crippen molar-refractivity contribution in [3.63, 3.8) is 0 Å². The second-order valence-corrected chi connectivity index (χ2v) is 4.72. The van der Waals surface area contributed by atoms with Crippen LogP contribution in [0.5, 0.6) is 0 Å². The van der Waals surface area contributed by atoms with Crippen molar-refractivity contribution in [2.75, 3.05) is 0 Å². The van der Waals surface area contributed by atoms with E-state index in [0.29, 0.717) is 5.56 Å². The molecule has 17 heavy (non-hydrogen) atoms. The van der Waals surface area contributed by atoms with Gasteiger partial charge in [-0.1, -0.05) is 24.3 Å². The Morgan fingerprint density at radius 1 is 1.00 bits per heavy atom. The Kier molecular flexibility index (Phi) is 3.05. The summed E-state index contributed by atoms with van der Waals surface area (Å²) >= 11 is 1.69. The summed E-state index contributed by atoms with van der Waals surface area (Å²) in [7, 11) is 0. The van der Waals surface area contributed by atoms with E-state index in [1.165, 1.54) is 4.70 Å². The van der Waals surface area contributed by atoms with E-state index in [9.17, 15) is 4.79 Å². The zero-order valence-corrected chi connectivity index (χ0v) is 10.5. The number of hydrogen-bond acceptors (Lipinski definition) is 2. The lowest BCUT2D eigenvalue weighted by Crippen LogP contribution is -2.10. The maximum absolute atomic E-state index is 11.4. The zero-order valence-electron chi connectivity index (χ0n) is 8.84. The third-order valence-electron chi connectivity index (χ3n) is 2.67. The van der Waals surface area contributed by atoms with Gasteiger partial charge in [-0.3, -0.25) is 4.79 Å². The van der Waals surface area contributed by atoms with Gasteiger partial charge in [-0.05, 0) is 18.2 Å². The third-order valence-corrected chi connectivity index (χ3v) is 3.80. The SMILES string of the molecule is Cl.NC(=O)c1cccc2sc3ccccc3c12. The molecule has 0 bridgehead atoms. The average molecular weight is 264 g/mol. The molecule has 3 rings (SSSR count). The largest absolute Gasteiger partial charge is 0.366 e. The van der Waals surface area contributed by atoms with Gasteiger partial charge in [0.15, 0.2) is 0 Å². The number of amides is 1. The standard InChI is InChI=1S/C13H9NOS.ClH/c14-13(15)9-5-3-7-11-12(9)8-4-1-2-6-10(8)16-11;/h1-7H,(H2,14,15);1H. The normalized spacial score (nSPS) is 10.4. The van der Waals surface area contributed by atoms with Crippen LogP contribution >= 0.6 is 23.7 Å². The van der Waals surface area contributed by atoms with Gasteiger partial charge in [0.2, 0.25) is 5.91 Å². The molecule has 0 fully saturated rings. The fourth-order valence-electron chi connectivity index (χ4n) is 1.98. The van der Waals surface area contributed by atoms with E-state index in [4.69, 9.17) is 5.73 Å². The fourth-order valence-corrected chi connectivity index (χ4v) is 3.11. The van der Waals surface area contributed by atoms with Gasteiger partial charge >= 0.3 is 0 Å². The van der Waals surface area contributed by atoms with Gasteiger partial charge in [0.25, 0.3) is 0 Å². The number of rotatable bonds is 1. The summed E-state index contributed by atoms with van der Waals surface area (Å²) in [5, 5.41) is 2.09. The highest BCUT2D eigenvalue weighted by Crippen LogP contribution is 2.35. The lowest BCUT2D eigenvalue weighted by atomic mass is 10.1. The number of halogens is 1. The van der Waals surface area contributed by atoms with Crippen LogP contribution in [0.4, 0.5) is 0 Å². The first-order valence-corrected chi connectivity index (χ1v) is 5.79. The highest BCUT2D eigenvalue weighted by atomic mass is 35.5. The lowest BCUT2D eigenvalue weighted by molar-refractivity contribution is 0.100. The first-order chi connectivity index (χ1) is 7.77. The summed E-state index contributed by atoms with van der Waals surface area (Å²) in [5.74, 6) is -0.367. The Morgan fingerprint density at radius 2 is 1.71 bits per heavy atom. The predicted octanol–water partition coefficient (Wildman–Crippen LogP) is 3.58. The van der Waals surface area contributed by atoms with Crippen molar-refractivity contribution in [2.24, 2.45) is 5.73 Å². The van der Waals surface area contributed by atoms with Crippen LogP contribution in [0.3, 0.4) is 0 Å². The molecular weight excluding hydrogens is 254 g/mol. The summed E-state index contributed by atoms with van der Waals surface area (Å²) < 4.78 is 2.30. The number of benzene rings is 2. The van der Waals surface area contributed by atoms with Crippen LogP contribution < -0.4 is 5.73 Å². The number of thiophene rings is 1. The van der Waals surface area contributed by atoms with Crippen LogP contribution in [0.1, 0.15) is 10.4 Å². The molecule has 1 aromatic heterocycles. The van der Waals surface area contributed by atoms with Crippen LogP contribution in [0.25, 0.3) is 20.2 Å². The molecule has 0 aliphatic carbocycles. The van der Waals surface area contributed by atoms with E-state index in [1.807, 2.05) is 30.3 Å². The molecule has 3 aromatic rings. The number of fused-ring (bicyclic) bond motifs is 3. The Labute approximate surface area is 108 Å². The van der Waals surface area contributed by atoms with Gasteiger partial charge < -0.3 is 5.73 Å². The van der Waals surface area contributed by atoms with Crippen molar-refractivity contribution in [2.45, 2.75) is 0 Å². The smallest absolute Gasteiger partial charge is 0.249 e. The van der Waals surface area contributed by atoms with Crippen LogP contribution in [0, 0.1) is 0 Å². The maximum Gasteiger partial charge on any atom is 0.249 e. The molecule has 2 N–H and O–H groups in total. The molecule has 0 saturated heterocycles. The highest BCUT2D eigenvalue weighted by molar-refractivity contribution is 7.25. The van der Waals surface area contributed by atoms with Crippen LogP contribution in [0.2, 0.25) is 0 Å². The Hall–Kier alpha value is -1.58. The molecule has 4 heteroatoms. The summed E-state index contributed by atoms with van der Waals surface area (Å²) in [5.41, 5.74) is 6.00. The Morgan fingerprint density at radius 3 is 2.47 bits per heavy atom. The molecule has 0 aliphatic rings. The van der Waals surface area contributed by atoms with Gasteiger partial charge in [-0.2, -0.15) is 0 Å². The van der Waals surface area contributed by atoms with E-state index in [1.54, 1.807) is 17.4 Å². The summed E-state index contributed by atoms with van der Waals surface area (Å²) in [6.45, 7) is 0. The minimum atomic E-state index is -0.367. The minimum Gasteiger partial charge on any atom is -0.366 e. The van der Waals surface area contributed by atoms with Crippen molar-refractivity contribution in [1.29, 1.82) is 0 Å². The molecule has 0 spiro atoms. The summed E-state index contributed by atoms with van der Waals surface area (Å²) in [4.78, 5) is 11.4. The van der Waals surface area contributed by atoms with E-state index in [-0.39, 0.29) is 18.3 Å². The van der Waals surface area contributed by atoms with Gasteiger partial charge in [-0.25, -0.2) is 0 Å². The maximum atomic E-state index is 11.4. The van der Waals surface area contributed by atoms with E-state index < -0.39 is 0 Å². The van der Waals surface area contributed by atoms with Crippen LogP contribution in [0.15, 0.2) is 42.5 Å². The van der Waals surface area contributed by atoms with Gasteiger partial charge in [0, 0.05) is 25.7 Å². The van der Waals surface area contributed by atoms with E-state index >= 15 is 0 Å². The molecule has 2 aromatic carbocycles. The van der Waals surface area contributed by atoms with Gasteiger partial charge in [-0.15, -0.1) is 23.7 Å². The number of carbonyl (C=O) groups excluding carboxylic acids is 1. The summed E-state index contributed by atoms with van der Waals surface area (Å²) in [6, 6.07) is 13.7. The number of primary amides is 1. The monoisotopic (exact) mass is 263 g/mol. The second kappa shape index (κ2) is 4.35. The third kappa shape index (κ3) is 1.77. The molecule has 0 saturated carbocycles. The van der Waals surface area contributed by atoms with Crippen molar-refractivity contribution >= 4 is 49.8 Å². The molecule has 0 aliphatic heterocycles. The number of hydrogen-bond donors (Lipinski definition) is 1. The molecule has 0 radical (unpaired) electrons. The quantitative estimate of drug-likeness (QED) is 0.717. The predicted molar refractivity (Wildman–Crippen MR) is 75.1 cm³/mol. The first kappa shape index (κ1) is 11.9. The lowest BCUT2D eigenvalue weighted by Gasteiger charge is -1.98. The van der Waals surface area contributed by atoms with Crippen molar-refractivity contribution < 1.29 is 4.79 Å². The topological polar surface area (TPSA) is 43.1 Å². The molecule has 0 atom stereocenters. The number of nitrogens with two attached hydrogens (primary N) is 1. The Bertz CT molecular complexity index is 705. The van der Waals surface area contributed by atoms with Crippen molar-refractivity contribution in [3.05, 3.63) is 48.0 Å². The molecule has 2 nitrogen and oxygen atoms in total. The van der Waals surface area contributed by atoms with E-state index in [2.05, 4.69) is 6.07 Å². The van der Waals surface area contributed by atoms with Crippen molar-refractivity contribution in [3.8, 4) is 0 Å². The van der Waals surface area contributed by atoms with Gasteiger partial charge in [0.05, 0.1) is 0 Å². The van der Waals surface area contributed by atoms with Crippen LogP contribution in [-0.4, -0.2) is 5.91 Å². The van der Waals surface area contributed by atoms with Crippen molar-refractivity contribution in [1.82, 2.24) is 0 Å². The fraction of sp³-hybridized carbons (Fsp3) is 0. The highest BCUT2D eigenvalue weighted by Gasteiger charge is 2.11. The average Bonchev–Trinajstić information content (AvgIpc) is 2.66. The molecule has 1 heterocycles. The molecule has 1 amide bonds. The summed E-state index contributed by atoms with van der Waals surface area (Å²) in [6.07, 6.45) is 0. The minimum absolute atomic E-state index is 0. The van der Waals surface area contributed by atoms with E-state index in [0.717, 1.165) is 15.5 Å². The zero-order chi connectivity index (χ0) is 11.1. The second-order valence-electron chi connectivity index (χ2n) is 3.64. The first-order valence-electron chi connectivity index (χ1n) is 4.97.